The molecular weight excluding hydrogens is 964 g/mol. The monoisotopic (exact) mass is 1050 g/mol. The number of nitrogens with zero attached hydrogens (tertiary/aromatic N) is 2. The molecule has 0 atom stereocenters. The molecule has 9 aromatic carbocycles. The van der Waals surface area contributed by atoms with E-state index in [9.17, 15) is 4.11 Å². The molecule has 13 rings (SSSR count). The summed E-state index contributed by atoms with van der Waals surface area (Å²) in [5, 5.41) is 0. The molecule has 2 heterocycles. The summed E-state index contributed by atoms with van der Waals surface area (Å²) in [6.45, 7) is 26.1. The Morgan fingerprint density at radius 3 is 1.45 bits per heavy atom. The van der Waals surface area contributed by atoms with Crippen LogP contribution in [0.4, 0.5) is 34.1 Å². The molecule has 0 saturated heterocycles. The Kier molecular flexibility index (Phi) is 11.1. The van der Waals surface area contributed by atoms with Crippen LogP contribution >= 0.6 is 0 Å². The van der Waals surface area contributed by atoms with Crippen molar-refractivity contribution in [1.82, 2.24) is 0 Å². The van der Waals surface area contributed by atoms with Gasteiger partial charge in [0.1, 0.15) is 0 Å². The lowest BCUT2D eigenvalue weighted by Gasteiger charge is -2.48. The normalized spacial score (nSPS) is 17.9. The van der Waals surface area contributed by atoms with Gasteiger partial charge in [-0.2, -0.15) is 0 Å². The molecule has 2 nitrogen and oxygen atoms in total. The van der Waals surface area contributed by atoms with Crippen LogP contribution in [0.2, 0.25) is 0 Å². The molecule has 0 saturated carbocycles. The van der Waals surface area contributed by atoms with Crippen LogP contribution in [0.3, 0.4) is 0 Å². The molecule has 4 aliphatic rings. The van der Waals surface area contributed by atoms with Crippen LogP contribution in [-0.4, -0.2) is 6.71 Å². The van der Waals surface area contributed by atoms with Crippen LogP contribution < -0.4 is 26.2 Å². The Morgan fingerprint density at radius 1 is 0.388 bits per heavy atom. The standard InChI is InChI=1S/C77H79BN2/c1-50-42-69-71-70(43-50)80(67-47-57(51-26-18-14-19-27-51)60(46-58(67)52-28-20-15-21-29-52)77(12,13)54-32-24-17-25-33-54)66-37-34-55(76(10,11)53-30-22-16-23-31-53)44-64(66)78(71)65-48-62-63(75(8,9)41-40-74(62,6)7)49-68(65)79(69)56-35-36-59-61(45-56)73(4,5)39-38-72(59,2)3/h14-37,42-49H,38-41H2,1-13H3/i1D3. The summed E-state index contributed by atoms with van der Waals surface area (Å²) in [5.41, 5.74) is 23.8. The Morgan fingerprint density at radius 2 is 0.875 bits per heavy atom. The second kappa shape index (κ2) is 18.3. The predicted molar refractivity (Wildman–Crippen MR) is 344 cm³/mol. The smallest absolute Gasteiger partial charge is 0.252 e. The highest BCUT2D eigenvalue weighted by molar-refractivity contribution is 7.00. The number of hydrogen-bond acceptors (Lipinski definition) is 2. The second-order valence-electron chi connectivity index (χ2n) is 27.7. The fourth-order valence-electron chi connectivity index (χ4n) is 14.7. The Balaban J connectivity index is 1.20. The summed E-state index contributed by atoms with van der Waals surface area (Å²) < 4.78 is 28.4. The lowest BCUT2D eigenvalue weighted by Crippen LogP contribution is -2.62. The second-order valence-corrected chi connectivity index (χ2v) is 27.7. The van der Waals surface area contributed by atoms with Crippen LogP contribution in [0, 0.1) is 6.85 Å². The topological polar surface area (TPSA) is 6.48 Å². The van der Waals surface area contributed by atoms with Gasteiger partial charge in [-0.25, -0.2) is 0 Å². The molecule has 3 heteroatoms. The van der Waals surface area contributed by atoms with E-state index in [2.05, 4.69) is 275 Å². The quantitative estimate of drug-likeness (QED) is 0.140. The molecule has 0 radical (unpaired) electrons. The van der Waals surface area contributed by atoms with Crippen molar-refractivity contribution in [2.24, 2.45) is 0 Å². The molecular formula is C77H79BN2. The lowest BCUT2D eigenvalue weighted by atomic mass is 9.33. The van der Waals surface area contributed by atoms with E-state index in [1.807, 2.05) is 12.1 Å². The molecule has 2 aliphatic heterocycles. The van der Waals surface area contributed by atoms with E-state index in [1.54, 1.807) is 0 Å². The minimum absolute atomic E-state index is 0.0136. The van der Waals surface area contributed by atoms with E-state index in [0.717, 1.165) is 87.5 Å². The van der Waals surface area contributed by atoms with E-state index >= 15 is 0 Å². The molecule has 2 aliphatic carbocycles. The average Bonchev–Trinajstić information content (AvgIpc) is 1.19. The highest BCUT2D eigenvalue weighted by Gasteiger charge is 2.48. The lowest BCUT2D eigenvalue weighted by molar-refractivity contribution is 0.332. The van der Waals surface area contributed by atoms with E-state index in [-0.39, 0.29) is 33.8 Å². The molecule has 80 heavy (non-hydrogen) atoms. The predicted octanol–water partition coefficient (Wildman–Crippen LogP) is 18.8. The minimum Gasteiger partial charge on any atom is -0.311 e. The molecule has 0 aromatic heterocycles. The first-order chi connectivity index (χ1) is 39.3. The summed E-state index contributed by atoms with van der Waals surface area (Å²) in [6.07, 6.45) is 4.36. The van der Waals surface area contributed by atoms with Gasteiger partial charge in [-0.1, -0.05) is 229 Å². The number of benzene rings is 9. The highest BCUT2D eigenvalue weighted by Crippen LogP contribution is 2.55. The van der Waals surface area contributed by atoms with Crippen molar-refractivity contribution in [3.63, 3.8) is 0 Å². The SMILES string of the molecule is [2H]C([2H])([2H])c1cc2c3c(c1)N(c1cc(-c4ccccc4)c(C(C)(C)c4ccccc4)cc1-c1ccccc1)c1ccc(C(C)(C)c4ccccc4)cc1B3c1cc3c(cc1N2c1ccc2c(c1)C(C)(C)CCC2(C)C)C(C)(C)CCC3(C)C. The summed E-state index contributed by atoms with van der Waals surface area (Å²) in [4.78, 5) is 4.97. The van der Waals surface area contributed by atoms with Crippen molar-refractivity contribution >= 4 is 57.2 Å². The van der Waals surface area contributed by atoms with Gasteiger partial charge in [0.15, 0.2) is 0 Å². The largest absolute Gasteiger partial charge is 0.311 e. The van der Waals surface area contributed by atoms with Crippen molar-refractivity contribution in [2.75, 3.05) is 9.80 Å². The van der Waals surface area contributed by atoms with Gasteiger partial charge in [0.25, 0.3) is 6.71 Å². The van der Waals surface area contributed by atoms with Gasteiger partial charge in [0.2, 0.25) is 0 Å². The maximum atomic E-state index is 9.48. The van der Waals surface area contributed by atoms with Gasteiger partial charge in [-0.15, -0.1) is 0 Å². The first kappa shape index (κ1) is 48.5. The third kappa shape index (κ3) is 8.18. The first-order valence-corrected chi connectivity index (χ1v) is 29.5. The molecule has 400 valence electrons. The van der Waals surface area contributed by atoms with Crippen LogP contribution in [0.25, 0.3) is 22.3 Å². The van der Waals surface area contributed by atoms with Gasteiger partial charge in [-0.3, -0.25) is 0 Å². The molecule has 0 amide bonds. The summed E-state index contributed by atoms with van der Waals surface area (Å²) >= 11 is 0. The van der Waals surface area contributed by atoms with Crippen LogP contribution in [-0.2, 0) is 32.5 Å². The van der Waals surface area contributed by atoms with Crippen molar-refractivity contribution in [2.45, 2.75) is 148 Å². The van der Waals surface area contributed by atoms with Crippen LogP contribution in [0.1, 0.15) is 163 Å². The Bertz CT molecular complexity index is 4020. The van der Waals surface area contributed by atoms with Crippen molar-refractivity contribution < 1.29 is 4.11 Å². The molecule has 9 aromatic rings. The minimum atomic E-state index is -2.44. The average molecular weight is 1050 g/mol. The van der Waals surface area contributed by atoms with Crippen molar-refractivity contribution in [1.29, 1.82) is 0 Å². The van der Waals surface area contributed by atoms with Crippen molar-refractivity contribution in [3.8, 4) is 22.3 Å². The van der Waals surface area contributed by atoms with Gasteiger partial charge >= 0.3 is 0 Å². The Hall–Kier alpha value is -7.36. The number of rotatable bonds is 8. The zero-order valence-corrected chi connectivity index (χ0v) is 49.3. The van der Waals surface area contributed by atoms with Gasteiger partial charge in [0.05, 0.1) is 5.69 Å². The maximum Gasteiger partial charge on any atom is 0.252 e. The third-order valence-corrected chi connectivity index (χ3v) is 20.1. The summed E-state index contributed by atoms with van der Waals surface area (Å²) in [5.74, 6) is 0. The molecule has 0 unspecified atom stereocenters. The highest BCUT2D eigenvalue weighted by atomic mass is 15.2. The summed E-state index contributed by atoms with van der Waals surface area (Å²) in [7, 11) is 0. The van der Waals surface area contributed by atoms with E-state index in [4.69, 9.17) is 0 Å². The Labute approximate surface area is 483 Å². The fraction of sp³-hybridized carbons (Fsp3) is 0.299. The summed E-state index contributed by atoms with van der Waals surface area (Å²) in [6, 6.07) is 72.1. The zero-order valence-electron chi connectivity index (χ0n) is 52.3. The van der Waals surface area contributed by atoms with E-state index in [1.165, 1.54) is 55.4 Å². The number of hydrogen-bond donors (Lipinski definition) is 0. The van der Waals surface area contributed by atoms with Crippen LogP contribution in [0.15, 0.2) is 194 Å². The number of fused-ring (bicyclic) bond motifs is 6. The molecule has 0 fully saturated rings. The molecule has 0 spiro atoms. The fourth-order valence-corrected chi connectivity index (χ4v) is 14.7. The van der Waals surface area contributed by atoms with E-state index < -0.39 is 12.3 Å². The van der Waals surface area contributed by atoms with Gasteiger partial charge in [-0.05, 0) is 186 Å². The molecule has 0 bridgehead atoms. The first-order valence-electron chi connectivity index (χ1n) is 31.0. The third-order valence-electron chi connectivity index (χ3n) is 20.1. The van der Waals surface area contributed by atoms with Gasteiger partial charge < -0.3 is 9.80 Å². The van der Waals surface area contributed by atoms with Crippen LogP contribution in [0.5, 0.6) is 0 Å². The number of aryl methyl sites for hydroxylation is 1. The zero-order chi connectivity index (χ0) is 58.4. The number of anilines is 6. The van der Waals surface area contributed by atoms with Gasteiger partial charge in [0, 0.05) is 48.9 Å². The van der Waals surface area contributed by atoms with E-state index in [0.29, 0.717) is 5.56 Å². The van der Waals surface area contributed by atoms with Crippen molar-refractivity contribution in [3.05, 3.63) is 244 Å². The maximum absolute atomic E-state index is 9.48. The molecule has 0 N–H and O–H groups in total.